The molecule has 3 aromatic rings. The molecule has 0 radical (unpaired) electrons. The fourth-order valence-electron chi connectivity index (χ4n) is 3.63. The van der Waals surface area contributed by atoms with E-state index in [9.17, 15) is 4.79 Å². The summed E-state index contributed by atoms with van der Waals surface area (Å²) in [6, 6.07) is 15.7. The van der Waals surface area contributed by atoms with Crippen molar-refractivity contribution < 1.29 is 4.79 Å². The number of amides is 1. The van der Waals surface area contributed by atoms with Gasteiger partial charge < -0.3 is 15.1 Å². The Labute approximate surface area is 171 Å². The number of para-hydroxylation sites is 1. The summed E-state index contributed by atoms with van der Waals surface area (Å²) in [6.07, 6.45) is 3.49. The number of aryl methyl sites for hydroxylation is 2. The first-order chi connectivity index (χ1) is 14.1. The van der Waals surface area contributed by atoms with Gasteiger partial charge in [0.25, 0.3) is 5.91 Å². The molecule has 0 unspecified atom stereocenters. The van der Waals surface area contributed by atoms with E-state index in [0.717, 1.165) is 35.7 Å². The molecule has 1 saturated heterocycles. The van der Waals surface area contributed by atoms with E-state index < -0.39 is 0 Å². The van der Waals surface area contributed by atoms with Crippen molar-refractivity contribution in [1.82, 2.24) is 14.9 Å². The number of aromatic nitrogens is 2. The number of carbonyl (C=O) groups is 1. The van der Waals surface area contributed by atoms with Crippen molar-refractivity contribution in [3.63, 3.8) is 0 Å². The topological polar surface area (TPSA) is 61.4 Å². The highest BCUT2D eigenvalue weighted by Gasteiger charge is 2.23. The van der Waals surface area contributed by atoms with Gasteiger partial charge in [-0.15, -0.1) is 0 Å². The number of hydrogen-bond donors (Lipinski definition) is 1. The van der Waals surface area contributed by atoms with Gasteiger partial charge in [-0.2, -0.15) is 0 Å². The van der Waals surface area contributed by atoms with Crippen LogP contribution in [-0.4, -0.2) is 47.0 Å². The van der Waals surface area contributed by atoms with Gasteiger partial charge in [-0.3, -0.25) is 4.79 Å². The van der Waals surface area contributed by atoms with Crippen molar-refractivity contribution in [3.8, 4) is 0 Å². The molecular weight excluding hydrogens is 362 g/mol. The highest BCUT2D eigenvalue weighted by atomic mass is 16.2. The summed E-state index contributed by atoms with van der Waals surface area (Å²) in [5.74, 6) is 1.68. The number of carbonyl (C=O) groups excluding carboxylic acids is 1. The second-order valence-electron chi connectivity index (χ2n) is 7.29. The van der Waals surface area contributed by atoms with E-state index in [1.807, 2.05) is 35.2 Å². The zero-order valence-corrected chi connectivity index (χ0v) is 16.8. The molecule has 1 aliphatic heterocycles. The van der Waals surface area contributed by atoms with Gasteiger partial charge in [0.05, 0.1) is 0 Å². The number of nitrogens with zero attached hydrogens (tertiary/aromatic N) is 4. The van der Waals surface area contributed by atoms with Gasteiger partial charge in [-0.1, -0.05) is 24.3 Å². The van der Waals surface area contributed by atoms with Gasteiger partial charge in [-0.05, 0) is 49.2 Å². The zero-order chi connectivity index (χ0) is 20.2. The van der Waals surface area contributed by atoms with Crippen LogP contribution in [-0.2, 0) is 0 Å². The molecule has 1 N–H and O–H groups in total. The Morgan fingerprint density at radius 2 is 1.66 bits per heavy atom. The van der Waals surface area contributed by atoms with Crippen LogP contribution in [0, 0.1) is 13.8 Å². The lowest BCUT2D eigenvalue weighted by atomic mass is 10.1. The fourth-order valence-corrected chi connectivity index (χ4v) is 3.63. The van der Waals surface area contributed by atoms with E-state index in [0.29, 0.717) is 24.5 Å². The predicted octanol–water partition coefficient (Wildman–Crippen LogP) is 3.80. The first-order valence-electron chi connectivity index (χ1n) is 9.86. The van der Waals surface area contributed by atoms with E-state index >= 15 is 0 Å². The van der Waals surface area contributed by atoms with Gasteiger partial charge in [0.2, 0.25) is 0 Å². The van der Waals surface area contributed by atoms with Crippen molar-refractivity contribution in [2.24, 2.45) is 0 Å². The first kappa shape index (κ1) is 18.9. The average molecular weight is 387 g/mol. The summed E-state index contributed by atoms with van der Waals surface area (Å²) in [4.78, 5) is 25.9. The Bertz CT molecular complexity index is 977. The van der Waals surface area contributed by atoms with Crippen LogP contribution >= 0.6 is 0 Å². The Hall–Kier alpha value is -3.41. The average Bonchev–Trinajstić information content (AvgIpc) is 2.77. The lowest BCUT2D eigenvalue weighted by molar-refractivity contribution is 0.0746. The third-order valence-electron chi connectivity index (χ3n) is 5.28. The van der Waals surface area contributed by atoms with Crippen molar-refractivity contribution in [1.29, 1.82) is 0 Å². The Morgan fingerprint density at radius 1 is 0.897 bits per heavy atom. The molecule has 0 aliphatic carbocycles. The molecule has 29 heavy (non-hydrogen) atoms. The molecule has 148 valence electrons. The van der Waals surface area contributed by atoms with E-state index in [4.69, 9.17) is 0 Å². The molecule has 4 rings (SSSR count). The Kier molecular flexibility index (Phi) is 5.42. The fraction of sp³-hybridized carbons (Fsp3) is 0.261. The Balaban J connectivity index is 1.44. The van der Waals surface area contributed by atoms with E-state index in [-0.39, 0.29) is 5.91 Å². The van der Waals surface area contributed by atoms with E-state index in [1.165, 1.54) is 0 Å². The van der Waals surface area contributed by atoms with Crippen LogP contribution in [0.15, 0.2) is 60.9 Å². The molecule has 0 spiro atoms. The van der Waals surface area contributed by atoms with Crippen molar-refractivity contribution in [3.05, 3.63) is 77.6 Å². The SMILES string of the molecule is Cc1cccc(C)c1Nc1cc(C(=O)N2CCN(c3ccccn3)CC2)ccn1. The maximum atomic E-state index is 13.0. The van der Waals surface area contributed by atoms with E-state index in [1.54, 1.807) is 18.5 Å². The van der Waals surface area contributed by atoms with Gasteiger partial charge in [0.1, 0.15) is 11.6 Å². The monoisotopic (exact) mass is 387 g/mol. The summed E-state index contributed by atoms with van der Waals surface area (Å²) < 4.78 is 0. The summed E-state index contributed by atoms with van der Waals surface area (Å²) >= 11 is 0. The minimum atomic E-state index is 0.0395. The highest BCUT2D eigenvalue weighted by Crippen LogP contribution is 2.24. The summed E-state index contributed by atoms with van der Waals surface area (Å²) in [7, 11) is 0. The summed E-state index contributed by atoms with van der Waals surface area (Å²) in [5, 5.41) is 3.37. The minimum absolute atomic E-state index is 0.0395. The molecule has 1 fully saturated rings. The molecule has 1 amide bonds. The molecule has 1 aromatic carbocycles. The maximum absolute atomic E-state index is 13.0. The number of rotatable bonds is 4. The molecular formula is C23H25N5O. The third-order valence-corrected chi connectivity index (χ3v) is 5.28. The normalized spacial score (nSPS) is 14.0. The molecule has 0 saturated carbocycles. The van der Waals surface area contributed by atoms with Crippen LogP contribution in [0.4, 0.5) is 17.3 Å². The maximum Gasteiger partial charge on any atom is 0.254 e. The quantitative estimate of drug-likeness (QED) is 0.738. The number of hydrogen-bond acceptors (Lipinski definition) is 5. The van der Waals surface area contributed by atoms with Gasteiger partial charge in [0.15, 0.2) is 0 Å². The Morgan fingerprint density at radius 3 is 2.34 bits per heavy atom. The number of benzene rings is 1. The van der Waals surface area contributed by atoms with Crippen molar-refractivity contribution in [2.75, 3.05) is 36.4 Å². The van der Waals surface area contributed by atoms with Crippen LogP contribution in [0.5, 0.6) is 0 Å². The van der Waals surface area contributed by atoms with Crippen LogP contribution in [0.3, 0.4) is 0 Å². The predicted molar refractivity (Wildman–Crippen MR) is 116 cm³/mol. The molecule has 0 atom stereocenters. The summed E-state index contributed by atoms with van der Waals surface area (Å²) in [5.41, 5.74) is 3.98. The number of piperazine rings is 1. The highest BCUT2D eigenvalue weighted by molar-refractivity contribution is 5.95. The van der Waals surface area contributed by atoms with Crippen LogP contribution in [0.2, 0.25) is 0 Å². The van der Waals surface area contributed by atoms with Gasteiger partial charge >= 0.3 is 0 Å². The molecule has 0 bridgehead atoms. The number of pyridine rings is 2. The molecule has 1 aliphatic rings. The molecule has 6 nitrogen and oxygen atoms in total. The van der Waals surface area contributed by atoms with Crippen LogP contribution in [0.1, 0.15) is 21.5 Å². The first-order valence-corrected chi connectivity index (χ1v) is 9.86. The second-order valence-corrected chi connectivity index (χ2v) is 7.29. The largest absolute Gasteiger partial charge is 0.353 e. The second kappa shape index (κ2) is 8.31. The molecule has 6 heteroatoms. The smallest absolute Gasteiger partial charge is 0.254 e. The van der Waals surface area contributed by atoms with Gasteiger partial charge in [0, 0.05) is 49.8 Å². The van der Waals surface area contributed by atoms with Crippen LogP contribution < -0.4 is 10.2 Å². The summed E-state index contributed by atoms with van der Waals surface area (Å²) in [6.45, 7) is 7.04. The lowest BCUT2D eigenvalue weighted by Gasteiger charge is -2.35. The number of nitrogens with one attached hydrogen (secondary N) is 1. The third kappa shape index (κ3) is 4.21. The van der Waals surface area contributed by atoms with Crippen molar-refractivity contribution >= 4 is 23.2 Å². The molecule has 3 heterocycles. The van der Waals surface area contributed by atoms with Crippen molar-refractivity contribution in [2.45, 2.75) is 13.8 Å². The standard InChI is InChI=1S/C23H25N5O/c1-17-6-5-7-18(2)22(17)26-20-16-19(9-11-24-20)23(29)28-14-12-27(13-15-28)21-8-3-4-10-25-21/h3-11,16H,12-15H2,1-2H3,(H,24,26). The minimum Gasteiger partial charge on any atom is -0.353 e. The molecule has 2 aromatic heterocycles. The van der Waals surface area contributed by atoms with E-state index in [2.05, 4.69) is 46.2 Å². The number of anilines is 3. The zero-order valence-electron chi connectivity index (χ0n) is 16.8. The van der Waals surface area contributed by atoms with Gasteiger partial charge in [-0.25, -0.2) is 9.97 Å². The lowest BCUT2D eigenvalue weighted by Crippen LogP contribution is -2.49. The van der Waals surface area contributed by atoms with Crippen LogP contribution in [0.25, 0.3) is 0 Å².